The van der Waals surface area contributed by atoms with Crippen LogP contribution in [-0.4, -0.2) is 25.0 Å². The average Bonchev–Trinajstić information content (AvgIpc) is 3.15. The minimum atomic E-state index is -4.55. The van der Waals surface area contributed by atoms with E-state index in [1.54, 1.807) is 19.9 Å². The molecule has 11 heteroatoms. The van der Waals surface area contributed by atoms with Crippen LogP contribution in [0, 0.1) is 13.8 Å². The van der Waals surface area contributed by atoms with Crippen LogP contribution < -0.4 is 0 Å². The molecule has 0 radical (unpaired) electrons. The van der Waals surface area contributed by atoms with E-state index in [0.29, 0.717) is 17.2 Å². The molecule has 0 saturated carbocycles. The number of hydrogen-bond donors (Lipinski definition) is 0. The highest BCUT2D eigenvalue weighted by molar-refractivity contribution is 7.98. The zero-order chi connectivity index (χ0) is 17.5. The van der Waals surface area contributed by atoms with Gasteiger partial charge in [0.15, 0.2) is 5.16 Å². The van der Waals surface area contributed by atoms with Gasteiger partial charge >= 0.3 is 6.18 Å². The Morgan fingerprint density at radius 2 is 1.88 bits per heavy atom. The van der Waals surface area contributed by atoms with E-state index in [-0.39, 0.29) is 16.8 Å². The van der Waals surface area contributed by atoms with Gasteiger partial charge in [-0.05, 0) is 19.9 Å². The van der Waals surface area contributed by atoms with Crippen LogP contribution in [-0.2, 0) is 19.0 Å². The lowest BCUT2D eigenvalue weighted by Crippen LogP contribution is -2.12. The molecule has 0 saturated heterocycles. The van der Waals surface area contributed by atoms with Crippen LogP contribution in [0.25, 0.3) is 11.5 Å². The Balaban J connectivity index is 1.73. The second-order valence-electron chi connectivity index (χ2n) is 4.98. The van der Waals surface area contributed by atoms with Crippen LogP contribution in [0.15, 0.2) is 20.1 Å². The number of furan rings is 1. The lowest BCUT2D eigenvalue weighted by Gasteiger charge is -2.05. The molecule has 0 atom stereocenters. The summed E-state index contributed by atoms with van der Waals surface area (Å²) in [6, 6.07) is 1.78. The first-order valence-corrected chi connectivity index (χ1v) is 7.73. The van der Waals surface area contributed by atoms with Crippen molar-refractivity contribution < 1.29 is 22.0 Å². The van der Waals surface area contributed by atoms with Gasteiger partial charge in [0.1, 0.15) is 11.5 Å². The van der Waals surface area contributed by atoms with Gasteiger partial charge in [-0.15, -0.1) is 20.4 Å². The zero-order valence-corrected chi connectivity index (χ0v) is 13.7. The number of hydrogen-bond acceptors (Lipinski definition) is 7. The second-order valence-corrected chi connectivity index (χ2v) is 5.92. The standard InChI is InChI=1S/C13H12F3N5O2S/c1-6-4-8(7(2)22-6)10-18-17-9(23-10)5-24-12-20-19-11(21(12)3)13(14,15)16/h4H,5H2,1-3H3. The third-order valence-corrected chi connectivity index (χ3v) is 4.16. The Labute approximate surface area is 138 Å². The summed E-state index contributed by atoms with van der Waals surface area (Å²) >= 11 is 1.02. The molecule has 0 spiro atoms. The molecule has 3 heterocycles. The first-order valence-electron chi connectivity index (χ1n) is 6.75. The molecule has 7 nitrogen and oxygen atoms in total. The van der Waals surface area contributed by atoms with Crippen molar-refractivity contribution >= 4 is 11.8 Å². The van der Waals surface area contributed by atoms with Crippen molar-refractivity contribution in [2.75, 3.05) is 0 Å². The highest BCUT2D eigenvalue weighted by Gasteiger charge is 2.37. The van der Waals surface area contributed by atoms with E-state index in [1.807, 2.05) is 0 Å². The molecule has 0 aliphatic rings. The van der Waals surface area contributed by atoms with Crippen molar-refractivity contribution in [1.82, 2.24) is 25.0 Å². The first-order chi connectivity index (χ1) is 11.3. The van der Waals surface area contributed by atoms with Crippen LogP contribution >= 0.6 is 11.8 Å². The van der Waals surface area contributed by atoms with Crippen LogP contribution in [0.3, 0.4) is 0 Å². The number of halogens is 3. The van der Waals surface area contributed by atoms with Gasteiger partial charge in [0.05, 0.1) is 11.3 Å². The fourth-order valence-electron chi connectivity index (χ4n) is 2.08. The maximum Gasteiger partial charge on any atom is 0.451 e. The molecule has 0 amide bonds. The van der Waals surface area contributed by atoms with E-state index in [1.165, 1.54) is 7.05 Å². The van der Waals surface area contributed by atoms with Gasteiger partial charge in [-0.2, -0.15) is 13.2 Å². The van der Waals surface area contributed by atoms with Crippen molar-refractivity contribution in [3.05, 3.63) is 29.3 Å². The van der Waals surface area contributed by atoms with E-state index in [2.05, 4.69) is 20.4 Å². The molecule has 0 fully saturated rings. The summed E-state index contributed by atoms with van der Waals surface area (Å²) in [6.45, 7) is 3.58. The molecule has 0 aliphatic heterocycles. The predicted octanol–water partition coefficient (Wildman–Crippen LogP) is 3.39. The molecule has 24 heavy (non-hydrogen) atoms. The Morgan fingerprint density at radius 3 is 2.46 bits per heavy atom. The Morgan fingerprint density at radius 1 is 1.12 bits per heavy atom. The summed E-state index contributed by atoms with van der Waals surface area (Å²) in [6.07, 6.45) is -4.55. The van der Waals surface area contributed by atoms with E-state index in [0.717, 1.165) is 22.1 Å². The summed E-state index contributed by atoms with van der Waals surface area (Å²) in [7, 11) is 1.25. The maximum absolute atomic E-state index is 12.7. The van der Waals surface area contributed by atoms with Gasteiger partial charge in [-0.25, -0.2) is 0 Å². The lowest BCUT2D eigenvalue weighted by molar-refractivity contribution is -0.147. The summed E-state index contributed by atoms with van der Waals surface area (Å²) in [4.78, 5) is 0. The van der Waals surface area contributed by atoms with Gasteiger partial charge < -0.3 is 13.4 Å². The molecular weight excluding hydrogens is 347 g/mol. The highest BCUT2D eigenvalue weighted by atomic mass is 32.2. The normalized spacial score (nSPS) is 12.1. The molecule has 0 unspecified atom stereocenters. The Kier molecular flexibility index (Phi) is 4.11. The van der Waals surface area contributed by atoms with Gasteiger partial charge in [-0.1, -0.05) is 11.8 Å². The third kappa shape index (κ3) is 3.16. The molecule has 3 aromatic rings. The quantitative estimate of drug-likeness (QED) is 0.660. The number of alkyl halides is 3. The van der Waals surface area contributed by atoms with Gasteiger partial charge in [0.2, 0.25) is 11.7 Å². The molecule has 3 rings (SSSR count). The van der Waals surface area contributed by atoms with Crippen molar-refractivity contribution in [1.29, 1.82) is 0 Å². The number of aryl methyl sites for hydroxylation is 2. The topological polar surface area (TPSA) is 82.8 Å². The third-order valence-electron chi connectivity index (χ3n) is 3.15. The van der Waals surface area contributed by atoms with Gasteiger partial charge in [0, 0.05) is 7.05 Å². The summed E-state index contributed by atoms with van der Waals surface area (Å²) in [5.74, 6) is 1.06. The van der Waals surface area contributed by atoms with Crippen LogP contribution in [0.4, 0.5) is 13.2 Å². The smallest absolute Gasteiger partial charge is 0.451 e. The maximum atomic E-state index is 12.7. The largest absolute Gasteiger partial charge is 0.466 e. The summed E-state index contributed by atoms with van der Waals surface area (Å²) in [5, 5.41) is 14.6. The van der Waals surface area contributed by atoms with Crippen molar-refractivity contribution in [3.8, 4) is 11.5 Å². The van der Waals surface area contributed by atoms with Crippen LogP contribution in [0.5, 0.6) is 0 Å². The van der Waals surface area contributed by atoms with Crippen LogP contribution in [0.2, 0.25) is 0 Å². The fraction of sp³-hybridized carbons (Fsp3) is 0.385. The fourth-order valence-corrected chi connectivity index (χ4v) is 2.83. The van der Waals surface area contributed by atoms with E-state index in [9.17, 15) is 13.2 Å². The number of rotatable bonds is 4. The highest BCUT2D eigenvalue weighted by Crippen LogP contribution is 2.31. The number of nitrogens with zero attached hydrogens (tertiary/aromatic N) is 5. The average molecular weight is 359 g/mol. The zero-order valence-electron chi connectivity index (χ0n) is 12.9. The van der Waals surface area contributed by atoms with Crippen molar-refractivity contribution in [3.63, 3.8) is 0 Å². The molecular formula is C13H12F3N5O2S. The van der Waals surface area contributed by atoms with E-state index in [4.69, 9.17) is 8.83 Å². The minimum absolute atomic E-state index is 0.109. The molecule has 128 valence electrons. The molecule has 0 N–H and O–H groups in total. The minimum Gasteiger partial charge on any atom is -0.466 e. The molecule has 0 aliphatic carbocycles. The molecule has 3 aromatic heterocycles. The number of thioether (sulfide) groups is 1. The monoisotopic (exact) mass is 359 g/mol. The summed E-state index contributed by atoms with van der Waals surface area (Å²) < 4.78 is 49.8. The number of aromatic nitrogens is 5. The first kappa shape index (κ1) is 16.6. The van der Waals surface area contributed by atoms with Gasteiger partial charge in [-0.3, -0.25) is 0 Å². The van der Waals surface area contributed by atoms with E-state index < -0.39 is 12.0 Å². The Hall–Kier alpha value is -2.30. The van der Waals surface area contributed by atoms with E-state index >= 15 is 0 Å². The summed E-state index contributed by atoms with van der Waals surface area (Å²) in [5.41, 5.74) is 0.689. The van der Waals surface area contributed by atoms with Crippen LogP contribution in [0.1, 0.15) is 23.2 Å². The Bertz CT molecular complexity index is 867. The van der Waals surface area contributed by atoms with Crippen molar-refractivity contribution in [2.45, 2.75) is 30.9 Å². The molecule has 0 bridgehead atoms. The predicted molar refractivity (Wildman–Crippen MR) is 77.0 cm³/mol. The van der Waals surface area contributed by atoms with Gasteiger partial charge in [0.25, 0.3) is 5.89 Å². The van der Waals surface area contributed by atoms with Crippen molar-refractivity contribution in [2.24, 2.45) is 7.05 Å². The SMILES string of the molecule is Cc1cc(-c2nnc(CSc3nnc(C(F)(F)F)n3C)o2)c(C)o1. The lowest BCUT2D eigenvalue weighted by atomic mass is 10.2. The second kappa shape index (κ2) is 5.96. The molecule has 0 aromatic carbocycles.